The summed E-state index contributed by atoms with van der Waals surface area (Å²) < 4.78 is 41.9. The van der Waals surface area contributed by atoms with Crippen LogP contribution in [-0.2, 0) is 12.6 Å². The lowest BCUT2D eigenvalue weighted by Crippen LogP contribution is -2.16. The summed E-state index contributed by atoms with van der Waals surface area (Å²) in [5, 5.41) is 6.28. The van der Waals surface area contributed by atoms with Crippen LogP contribution in [0.3, 0.4) is 0 Å². The minimum atomic E-state index is -4.73. The van der Waals surface area contributed by atoms with E-state index in [0.717, 1.165) is 11.6 Å². The third kappa shape index (κ3) is 3.98. The van der Waals surface area contributed by atoms with Crippen LogP contribution in [-0.4, -0.2) is 20.5 Å². The quantitative estimate of drug-likeness (QED) is 0.427. The third-order valence-electron chi connectivity index (χ3n) is 4.75. The number of carbonyl (C=O) groups is 1. The van der Waals surface area contributed by atoms with E-state index in [-0.39, 0.29) is 22.1 Å². The van der Waals surface area contributed by atoms with Crippen molar-refractivity contribution in [2.75, 3.05) is 5.32 Å². The van der Waals surface area contributed by atoms with Crippen LogP contribution < -0.4 is 5.32 Å². The molecule has 4 aromatic rings. The highest BCUT2D eigenvalue weighted by atomic mass is 35.5. The predicted molar refractivity (Wildman–Crippen MR) is 112 cm³/mol. The van der Waals surface area contributed by atoms with Crippen molar-refractivity contribution in [3.05, 3.63) is 82.6 Å². The number of alkyl halides is 3. The van der Waals surface area contributed by atoms with Crippen LogP contribution >= 0.6 is 11.6 Å². The third-order valence-corrected chi connectivity index (χ3v) is 5.10. The van der Waals surface area contributed by atoms with Gasteiger partial charge >= 0.3 is 6.18 Å². The monoisotopic (exact) mass is 444 g/mol. The van der Waals surface area contributed by atoms with E-state index in [1.54, 1.807) is 42.5 Å². The van der Waals surface area contributed by atoms with Gasteiger partial charge in [0.25, 0.3) is 5.91 Å². The molecule has 0 aliphatic rings. The zero-order chi connectivity index (χ0) is 22.2. The Labute approximate surface area is 180 Å². The highest BCUT2D eigenvalue weighted by Crippen LogP contribution is 2.34. The Bertz CT molecular complexity index is 1270. The number of amides is 1. The first kappa shape index (κ1) is 20.9. The fourth-order valence-corrected chi connectivity index (χ4v) is 3.47. The number of benzene rings is 2. The van der Waals surface area contributed by atoms with Crippen LogP contribution in [0, 0.1) is 0 Å². The van der Waals surface area contributed by atoms with E-state index in [1.807, 2.05) is 19.1 Å². The fraction of sp³-hybridized carbons (Fsp3) is 0.136. The molecule has 158 valence electrons. The van der Waals surface area contributed by atoms with Gasteiger partial charge in [-0.3, -0.25) is 4.79 Å². The van der Waals surface area contributed by atoms with E-state index in [2.05, 4.69) is 15.4 Å². The number of hydrogen-bond donors (Lipinski definition) is 1. The van der Waals surface area contributed by atoms with Gasteiger partial charge in [-0.25, -0.2) is 9.50 Å². The Morgan fingerprint density at radius 2 is 1.77 bits per heavy atom. The number of aromatic nitrogens is 3. The number of fused-ring (bicyclic) bond motifs is 1. The number of rotatable bonds is 4. The summed E-state index contributed by atoms with van der Waals surface area (Å²) in [5.74, 6) is -0.717. The summed E-state index contributed by atoms with van der Waals surface area (Å²) in [6.07, 6.45) is -4.07. The lowest BCUT2D eigenvalue weighted by Gasteiger charge is -2.11. The molecule has 0 atom stereocenters. The smallest absolute Gasteiger partial charge is 0.320 e. The van der Waals surface area contributed by atoms with Gasteiger partial charge in [-0.1, -0.05) is 67.1 Å². The summed E-state index contributed by atoms with van der Waals surface area (Å²) >= 11 is 6.30. The molecule has 1 amide bonds. The van der Waals surface area contributed by atoms with Crippen molar-refractivity contribution in [2.24, 2.45) is 0 Å². The molecule has 2 heterocycles. The molecule has 0 unspecified atom stereocenters. The Morgan fingerprint density at radius 1 is 1.10 bits per heavy atom. The number of para-hydroxylation sites is 1. The number of aryl methyl sites for hydroxylation is 1. The first-order chi connectivity index (χ1) is 14.8. The number of hydrogen-bond acceptors (Lipinski definition) is 3. The van der Waals surface area contributed by atoms with Crippen molar-refractivity contribution >= 4 is 28.8 Å². The molecule has 9 heteroatoms. The van der Waals surface area contributed by atoms with Gasteiger partial charge in [-0.2, -0.15) is 18.3 Å². The van der Waals surface area contributed by atoms with Crippen molar-refractivity contribution in [1.29, 1.82) is 0 Å². The van der Waals surface area contributed by atoms with Crippen LogP contribution in [0.2, 0.25) is 5.02 Å². The van der Waals surface area contributed by atoms with Crippen LogP contribution in [0.5, 0.6) is 0 Å². The van der Waals surface area contributed by atoms with Crippen molar-refractivity contribution in [3.8, 4) is 11.3 Å². The summed E-state index contributed by atoms with van der Waals surface area (Å²) in [6, 6.07) is 16.4. The average Bonchev–Trinajstić information content (AvgIpc) is 3.10. The van der Waals surface area contributed by atoms with Crippen LogP contribution in [0.1, 0.15) is 28.7 Å². The topological polar surface area (TPSA) is 59.3 Å². The van der Waals surface area contributed by atoms with Gasteiger partial charge in [0.05, 0.1) is 5.69 Å². The highest BCUT2D eigenvalue weighted by molar-refractivity contribution is 6.37. The largest absolute Gasteiger partial charge is 0.433 e. The molecule has 2 aromatic heterocycles. The fourth-order valence-electron chi connectivity index (χ4n) is 3.23. The first-order valence-corrected chi connectivity index (χ1v) is 9.78. The zero-order valence-corrected chi connectivity index (χ0v) is 17.0. The Morgan fingerprint density at radius 3 is 2.45 bits per heavy atom. The summed E-state index contributed by atoms with van der Waals surface area (Å²) in [5.41, 5.74) is 0.306. The van der Waals surface area contributed by atoms with Gasteiger partial charge in [-0.05, 0) is 24.1 Å². The van der Waals surface area contributed by atoms with E-state index in [4.69, 9.17) is 11.6 Å². The molecular weight excluding hydrogens is 429 g/mol. The second-order valence-electron chi connectivity index (χ2n) is 6.75. The maximum Gasteiger partial charge on any atom is 0.433 e. The molecular formula is C22H16ClF3N4O. The van der Waals surface area contributed by atoms with Crippen molar-refractivity contribution in [1.82, 2.24) is 14.6 Å². The standard InChI is InChI=1S/C22H16ClF3N4O/c1-2-13-8-6-7-11-15(13)28-21(31)19-18(23)20-27-16(14-9-4-3-5-10-14)12-17(22(24,25)26)30(20)29-19/h3-12H,2H2,1H3,(H,28,31). The predicted octanol–water partition coefficient (Wildman–Crippen LogP) is 5.88. The molecule has 2 aromatic carbocycles. The van der Waals surface area contributed by atoms with E-state index in [1.165, 1.54) is 0 Å². The Balaban J connectivity index is 1.85. The SMILES string of the molecule is CCc1ccccc1NC(=O)c1nn2c(C(F)(F)F)cc(-c3ccccc3)nc2c1Cl. The Kier molecular flexibility index (Phi) is 5.41. The lowest BCUT2D eigenvalue weighted by molar-refractivity contribution is -0.142. The van der Waals surface area contributed by atoms with Gasteiger partial charge < -0.3 is 5.32 Å². The molecule has 1 N–H and O–H groups in total. The number of nitrogens with zero attached hydrogens (tertiary/aromatic N) is 3. The molecule has 0 saturated heterocycles. The maximum absolute atomic E-state index is 13.8. The van der Waals surface area contributed by atoms with Crippen molar-refractivity contribution in [2.45, 2.75) is 19.5 Å². The Hall–Kier alpha value is -3.39. The molecule has 5 nitrogen and oxygen atoms in total. The molecule has 0 radical (unpaired) electrons. The summed E-state index contributed by atoms with van der Waals surface area (Å²) in [6.45, 7) is 1.92. The number of anilines is 1. The highest BCUT2D eigenvalue weighted by Gasteiger charge is 2.36. The molecule has 0 spiro atoms. The van der Waals surface area contributed by atoms with E-state index >= 15 is 0 Å². The molecule has 31 heavy (non-hydrogen) atoms. The van der Waals surface area contributed by atoms with Gasteiger partial charge in [-0.15, -0.1) is 0 Å². The van der Waals surface area contributed by atoms with Crippen LogP contribution in [0.25, 0.3) is 16.9 Å². The molecule has 0 aliphatic heterocycles. The maximum atomic E-state index is 13.8. The van der Waals surface area contributed by atoms with Gasteiger partial charge in [0, 0.05) is 11.3 Å². The zero-order valence-electron chi connectivity index (χ0n) is 16.2. The van der Waals surface area contributed by atoms with E-state index in [0.29, 0.717) is 22.2 Å². The number of carbonyl (C=O) groups excluding carboxylic acids is 1. The van der Waals surface area contributed by atoms with Gasteiger partial charge in [0.2, 0.25) is 0 Å². The average molecular weight is 445 g/mol. The molecule has 0 fully saturated rings. The summed E-state index contributed by atoms with van der Waals surface area (Å²) in [4.78, 5) is 17.1. The minimum absolute atomic E-state index is 0.0745. The lowest BCUT2D eigenvalue weighted by atomic mass is 10.1. The van der Waals surface area contributed by atoms with Crippen molar-refractivity contribution in [3.63, 3.8) is 0 Å². The second kappa shape index (κ2) is 8.03. The molecule has 0 bridgehead atoms. The summed E-state index contributed by atoms with van der Waals surface area (Å²) in [7, 11) is 0. The van der Waals surface area contributed by atoms with Crippen LogP contribution in [0.15, 0.2) is 60.7 Å². The normalized spacial score (nSPS) is 11.6. The number of nitrogens with one attached hydrogen (secondary N) is 1. The molecule has 4 rings (SSSR count). The molecule has 0 aliphatic carbocycles. The molecule has 0 saturated carbocycles. The first-order valence-electron chi connectivity index (χ1n) is 9.40. The van der Waals surface area contributed by atoms with Crippen molar-refractivity contribution < 1.29 is 18.0 Å². The van der Waals surface area contributed by atoms with E-state index < -0.39 is 17.8 Å². The van der Waals surface area contributed by atoms with E-state index in [9.17, 15) is 18.0 Å². The van der Waals surface area contributed by atoms with Crippen LogP contribution in [0.4, 0.5) is 18.9 Å². The number of halogens is 4. The van der Waals surface area contributed by atoms with Gasteiger partial charge in [0.15, 0.2) is 17.0 Å². The second-order valence-corrected chi connectivity index (χ2v) is 7.13. The van der Waals surface area contributed by atoms with Gasteiger partial charge in [0.1, 0.15) is 5.02 Å². The minimum Gasteiger partial charge on any atom is -0.320 e.